The van der Waals surface area contributed by atoms with Crippen molar-refractivity contribution in [2.45, 2.75) is 0 Å². The van der Waals surface area contributed by atoms with Crippen LogP contribution in [0, 0.1) is 5.82 Å². The number of H-pyrrole nitrogens is 2. The molecule has 0 saturated carbocycles. The van der Waals surface area contributed by atoms with Crippen LogP contribution in [0.3, 0.4) is 0 Å². The van der Waals surface area contributed by atoms with Crippen LogP contribution >= 0.6 is 24.8 Å². The molecule has 0 aliphatic carbocycles. The van der Waals surface area contributed by atoms with Crippen LogP contribution in [0.4, 0.5) is 4.39 Å². The van der Waals surface area contributed by atoms with E-state index in [-0.39, 0.29) is 36.3 Å². The molecule has 0 atom stereocenters. The van der Waals surface area contributed by atoms with Crippen LogP contribution in [-0.4, -0.2) is 19.7 Å². The number of benzene rings is 1. The summed E-state index contributed by atoms with van der Waals surface area (Å²) in [4.78, 5) is 13.6. The smallest absolute Gasteiger partial charge is 0.340 e. The van der Waals surface area contributed by atoms with Crippen molar-refractivity contribution in [1.29, 1.82) is 0 Å². The van der Waals surface area contributed by atoms with Gasteiger partial charge >= 0.3 is 5.69 Å². The Morgan fingerprint density at radius 1 is 1.32 bits per heavy atom. The lowest BCUT2D eigenvalue weighted by Gasteiger charge is -1.95. The molecular formula is C11H11Cl2FN4O. The fraction of sp³-hybridized carbons (Fsp3) is 0.0909. The Morgan fingerprint density at radius 2 is 2.05 bits per heavy atom. The molecule has 102 valence electrons. The van der Waals surface area contributed by atoms with Crippen molar-refractivity contribution in [3.8, 4) is 11.4 Å². The van der Waals surface area contributed by atoms with E-state index in [1.807, 2.05) is 11.6 Å². The van der Waals surface area contributed by atoms with Crippen LogP contribution < -0.4 is 5.69 Å². The third kappa shape index (κ3) is 2.50. The first-order chi connectivity index (χ1) is 8.15. The van der Waals surface area contributed by atoms with Gasteiger partial charge in [0.1, 0.15) is 5.82 Å². The predicted molar refractivity (Wildman–Crippen MR) is 75.6 cm³/mol. The number of rotatable bonds is 1. The van der Waals surface area contributed by atoms with Crippen LogP contribution in [0.5, 0.6) is 0 Å². The molecule has 19 heavy (non-hydrogen) atoms. The van der Waals surface area contributed by atoms with Gasteiger partial charge in [-0.25, -0.2) is 14.3 Å². The van der Waals surface area contributed by atoms with E-state index in [2.05, 4.69) is 15.2 Å². The zero-order valence-corrected chi connectivity index (χ0v) is 11.4. The van der Waals surface area contributed by atoms with Gasteiger partial charge < -0.3 is 4.57 Å². The minimum Gasteiger partial charge on any atom is -0.350 e. The molecule has 2 heterocycles. The topological polar surface area (TPSA) is 66.5 Å². The number of fused-ring (bicyclic) bond motifs is 1. The number of nitrogens with one attached hydrogen (secondary N) is 2. The molecule has 0 saturated heterocycles. The van der Waals surface area contributed by atoms with Gasteiger partial charge in [-0.2, -0.15) is 5.10 Å². The van der Waals surface area contributed by atoms with Gasteiger partial charge in [-0.15, -0.1) is 24.8 Å². The second-order valence-electron chi connectivity index (χ2n) is 3.84. The summed E-state index contributed by atoms with van der Waals surface area (Å²) < 4.78 is 15.1. The van der Waals surface area contributed by atoms with Gasteiger partial charge in [0.15, 0.2) is 5.82 Å². The molecular weight excluding hydrogens is 294 g/mol. The second-order valence-corrected chi connectivity index (χ2v) is 3.84. The second kappa shape index (κ2) is 5.46. The molecule has 0 radical (unpaired) electrons. The Balaban J connectivity index is 0.000000902. The van der Waals surface area contributed by atoms with Crippen molar-refractivity contribution in [2.75, 3.05) is 0 Å². The SMILES string of the molecule is Cl.Cl.Cn1cc(-c2n[nH]c(=O)[nH]2)c2cc(F)ccc21. The molecule has 8 heteroatoms. The first kappa shape index (κ1) is 15.3. The third-order valence-corrected chi connectivity index (χ3v) is 2.71. The standard InChI is InChI=1S/C11H9FN4O.2ClH/c1-16-5-8(10-13-11(17)15-14-10)7-4-6(12)2-3-9(7)16;;/h2-5H,1H3,(H2,13,14,15,17);2*1H. The highest BCUT2D eigenvalue weighted by atomic mass is 35.5. The van der Waals surface area contributed by atoms with Crippen LogP contribution in [0.1, 0.15) is 0 Å². The summed E-state index contributed by atoms with van der Waals surface area (Å²) >= 11 is 0. The number of aryl methyl sites for hydroxylation is 1. The van der Waals surface area contributed by atoms with Gasteiger partial charge in [0.05, 0.1) is 0 Å². The summed E-state index contributed by atoms with van der Waals surface area (Å²) in [6.45, 7) is 0. The Labute approximate surface area is 119 Å². The Hall–Kier alpha value is -1.79. The lowest BCUT2D eigenvalue weighted by atomic mass is 10.1. The van der Waals surface area contributed by atoms with Gasteiger partial charge in [0.25, 0.3) is 0 Å². The van der Waals surface area contributed by atoms with E-state index in [1.165, 1.54) is 12.1 Å². The molecule has 3 rings (SSSR count). The molecule has 0 aliphatic heterocycles. The zero-order chi connectivity index (χ0) is 12.0. The van der Waals surface area contributed by atoms with Gasteiger partial charge in [-0.1, -0.05) is 0 Å². The van der Waals surface area contributed by atoms with E-state index in [4.69, 9.17) is 0 Å². The molecule has 0 unspecified atom stereocenters. The van der Waals surface area contributed by atoms with Crippen molar-refractivity contribution in [3.05, 3.63) is 40.7 Å². The van der Waals surface area contributed by atoms with Crippen molar-refractivity contribution in [3.63, 3.8) is 0 Å². The average molecular weight is 305 g/mol. The first-order valence-corrected chi connectivity index (χ1v) is 5.05. The van der Waals surface area contributed by atoms with Crippen LogP contribution in [0.2, 0.25) is 0 Å². The first-order valence-electron chi connectivity index (χ1n) is 5.05. The van der Waals surface area contributed by atoms with Crippen molar-refractivity contribution in [1.82, 2.24) is 19.7 Å². The Morgan fingerprint density at radius 3 is 2.68 bits per heavy atom. The number of hydrogen-bond acceptors (Lipinski definition) is 2. The minimum atomic E-state index is -0.381. The summed E-state index contributed by atoms with van der Waals surface area (Å²) in [7, 11) is 1.86. The number of nitrogens with zero attached hydrogens (tertiary/aromatic N) is 2. The predicted octanol–water partition coefficient (Wildman–Crippen LogP) is 2.24. The van der Waals surface area contributed by atoms with E-state index in [0.717, 1.165) is 10.9 Å². The van der Waals surface area contributed by atoms with Crippen LogP contribution in [0.25, 0.3) is 22.3 Å². The van der Waals surface area contributed by atoms with Gasteiger partial charge in [0.2, 0.25) is 0 Å². The molecule has 5 nitrogen and oxygen atoms in total. The van der Waals surface area contributed by atoms with Crippen LogP contribution in [0.15, 0.2) is 29.2 Å². The highest BCUT2D eigenvalue weighted by Crippen LogP contribution is 2.27. The number of halogens is 3. The molecule has 0 amide bonds. The van der Waals surface area contributed by atoms with Gasteiger partial charge in [-0.05, 0) is 18.2 Å². The number of aromatic nitrogens is 4. The maximum atomic E-state index is 13.2. The van der Waals surface area contributed by atoms with Crippen molar-refractivity contribution >= 4 is 35.7 Å². The normalized spacial score (nSPS) is 10.0. The summed E-state index contributed by atoms with van der Waals surface area (Å²) in [6.07, 6.45) is 1.80. The summed E-state index contributed by atoms with van der Waals surface area (Å²) in [5.74, 6) is 0.0917. The lowest BCUT2D eigenvalue weighted by Crippen LogP contribution is -2.00. The quantitative estimate of drug-likeness (QED) is 0.724. The molecule has 0 fully saturated rings. The lowest BCUT2D eigenvalue weighted by molar-refractivity contribution is 0.629. The van der Waals surface area contributed by atoms with Gasteiger partial charge in [-0.3, -0.25) is 4.98 Å². The largest absolute Gasteiger partial charge is 0.350 e. The molecule has 3 aromatic rings. The molecule has 0 aliphatic rings. The van der Waals surface area contributed by atoms with Crippen LogP contribution in [-0.2, 0) is 7.05 Å². The number of aromatic amines is 2. The maximum absolute atomic E-state index is 13.2. The van der Waals surface area contributed by atoms with Crippen molar-refractivity contribution in [2.24, 2.45) is 7.05 Å². The number of hydrogen-bond donors (Lipinski definition) is 2. The molecule has 2 aromatic heterocycles. The van der Waals surface area contributed by atoms with E-state index in [0.29, 0.717) is 11.4 Å². The third-order valence-electron chi connectivity index (χ3n) is 2.71. The van der Waals surface area contributed by atoms with Crippen molar-refractivity contribution < 1.29 is 4.39 Å². The molecule has 0 bridgehead atoms. The molecule has 2 N–H and O–H groups in total. The fourth-order valence-corrected chi connectivity index (χ4v) is 1.95. The van der Waals surface area contributed by atoms with Gasteiger partial charge in [0, 0.05) is 29.7 Å². The van der Waals surface area contributed by atoms with E-state index >= 15 is 0 Å². The minimum absolute atomic E-state index is 0. The highest BCUT2D eigenvalue weighted by molar-refractivity contribution is 5.94. The summed E-state index contributed by atoms with van der Waals surface area (Å²) in [5, 5.41) is 6.86. The fourth-order valence-electron chi connectivity index (χ4n) is 1.95. The van der Waals surface area contributed by atoms with E-state index < -0.39 is 0 Å². The highest BCUT2D eigenvalue weighted by Gasteiger charge is 2.12. The Kier molecular flexibility index (Phi) is 4.39. The monoisotopic (exact) mass is 304 g/mol. The molecule has 0 spiro atoms. The summed E-state index contributed by atoms with van der Waals surface area (Å²) in [6, 6.07) is 4.52. The molecule has 1 aromatic carbocycles. The van der Waals surface area contributed by atoms with E-state index in [9.17, 15) is 9.18 Å². The Bertz CT molecular complexity index is 761. The maximum Gasteiger partial charge on any atom is 0.340 e. The zero-order valence-electron chi connectivity index (χ0n) is 9.81. The summed E-state index contributed by atoms with van der Waals surface area (Å²) in [5.41, 5.74) is 1.19. The van der Waals surface area contributed by atoms with E-state index in [1.54, 1.807) is 12.3 Å². The average Bonchev–Trinajstić information content (AvgIpc) is 2.83.